The van der Waals surface area contributed by atoms with E-state index in [0.717, 1.165) is 11.1 Å². The van der Waals surface area contributed by atoms with Crippen LogP contribution in [0.4, 0.5) is 0 Å². The summed E-state index contributed by atoms with van der Waals surface area (Å²) in [5.74, 6) is -0.268. The van der Waals surface area contributed by atoms with Crippen molar-refractivity contribution < 1.29 is 28.6 Å². The molecule has 0 heterocycles. The Bertz CT molecular complexity index is 1190. The minimum Gasteiger partial charge on any atom is -0.493 e. The smallest absolute Gasteiger partial charge is 0.255 e. The van der Waals surface area contributed by atoms with Crippen molar-refractivity contribution in [3.8, 4) is 17.2 Å². The second-order valence-electron chi connectivity index (χ2n) is 7.27. The van der Waals surface area contributed by atoms with Gasteiger partial charge in [0, 0.05) is 12.1 Å². The van der Waals surface area contributed by atoms with Gasteiger partial charge in [-0.15, -0.1) is 0 Å². The Morgan fingerprint density at radius 2 is 1.62 bits per heavy atom. The molecule has 3 aromatic carbocycles. The van der Waals surface area contributed by atoms with Crippen molar-refractivity contribution in [3.63, 3.8) is 0 Å². The number of carbonyl (C=O) groups is 3. The van der Waals surface area contributed by atoms with Crippen LogP contribution in [0.2, 0.25) is 0 Å². The number of hydrogen-bond acceptors (Lipinski definition) is 6. The molecule has 0 saturated carbocycles. The molecule has 0 aliphatic heterocycles. The zero-order valence-electron chi connectivity index (χ0n) is 18.6. The van der Waals surface area contributed by atoms with Gasteiger partial charge >= 0.3 is 0 Å². The fraction of sp³-hybridized carbons (Fsp3) is 0.160. The Hall–Kier alpha value is -4.53. The van der Waals surface area contributed by atoms with Crippen molar-refractivity contribution in [1.29, 1.82) is 0 Å². The van der Waals surface area contributed by atoms with E-state index < -0.39 is 11.8 Å². The maximum Gasteiger partial charge on any atom is 0.255 e. The molecule has 0 aliphatic carbocycles. The van der Waals surface area contributed by atoms with Gasteiger partial charge in [0.2, 0.25) is 0 Å². The first kappa shape index (κ1) is 24.1. The van der Waals surface area contributed by atoms with Crippen molar-refractivity contribution in [2.75, 3.05) is 13.7 Å². The number of methoxy groups -OCH3 is 1. The van der Waals surface area contributed by atoms with E-state index in [-0.39, 0.29) is 31.2 Å². The van der Waals surface area contributed by atoms with Crippen LogP contribution >= 0.6 is 0 Å². The Balaban J connectivity index is 1.61. The molecule has 0 bridgehead atoms. The van der Waals surface area contributed by atoms with E-state index in [1.54, 1.807) is 60.7 Å². The van der Waals surface area contributed by atoms with Crippen LogP contribution in [-0.2, 0) is 17.9 Å². The van der Waals surface area contributed by atoms with E-state index in [9.17, 15) is 14.4 Å². The number of rotatable bonds is 11. The van der Waals surface area contributed by atoms with Gasteiger partial charge < -0.3 is 31.0 Å². The largest absolute Gasteiger partial charge is 0.493 e. The highest BCUT2D eigenvalue weighted by Gasteiger charge is 2.11. The second kappa shape index (κ2) is 11.4. The lowest BCUT2D eigenvalue weighted by Crippen LogP contribution is -2.23. The first-order valence-electron chi connectivity index (χ1n) is 10.3. The number of amides is 3. The molecule has 3 amide bonds. The predicted molar refractivity (Wildman–Crippen MR) is 125 cm³/mol. The van der Waals surface area contributed by atoms with Crippen molar-refractivity contribution in [2.24, 2.45) is 11.5 Å². The molecule has 3 rings (SSSR count). The van der Waals surface area contributed by atoms with Gasteiger partial charge in [0.25, 0.3) is 17.7 Å². The average molecular weight is 463 g/mol. The van der Waals surface area contributed by atoms with Crippen LogP contribution in [0.25, 0.3) is 0 Å². The van der Waals surface area contributed by atoms with Gasteiger partial charge in [-0.1, -0.05) is 30.3 Å². The number of ether oxygens (including phenoxy) is 3. The van der Waals surface area contributed by atoms with Crippen LogP contribution in [0.15, 0.2) is 66.7 Å². The van der Waals surface area contributed by atoms with Gasteiger partial charge in [-0.2, -0.15) is 0 Å². The van der Waals surface area contributed by atoms with Crippen molar-refractivity contribution >= 4 is 17.7 Å². The molecule has 0 radical (unpaired) electrons. The molecule has 0 saturated heterocycles. The van der Waals surface area contributed by atoms with Crippen LogP contribution in [0.5, 0.6) is 17.2 Å². The Morgan fingerprint density at radius 3 is 2.35 bits per heavy atom. The third-order valence-corrected chi connectivity index (χ3v) is 4.79. The Morgan fingerprint density at radius 1 is 0.824 bits per heavy atom. The third kappa shape index (κ3) is 6.49. The third-order valence-electron chi connectivity index (χ3n) is 4.79. The highest BCUT2D eigenvalue weighted by molar-refractivity contribution is 5.95. The normalized spacial score (nSPS) is 10.3. The number of hydrogen-bond donors (Lipinski definition) is 3. The summed E-state index contributed by atoms with van der Waals surface area (Å²) in [4.78, 5) is 35.1. The summed E-state index contributed by atoms with van der Waals surface area (Å²) in [7, 11) is 1.48. The number of carbonyl (C=O) groups excluding carboxylic acids is 3. The summed E-state index contributed by atoms with van der Waals surface area (Å²) in [6, 6.07) is 18.8. The topological polar surface area (TPSA) is 143 Å². The van der Waals surface area contributed by atoms with E-state index in [1.165, 1.54) is 7.11 Å². The predicted octanol–water partition coefficient (Wildman–Crippen LogP) is 2.17. The molecule has 0 atom stereocenters. The number of nitrogens with one attached hydrogen (secondary N) is 1. The Kier molecular flexibility index (Phi) is 8.07. The molecule has 0 aliphatic rings. The SMILES string of the molecule is COc1cc(CNC(=O)c2cccc(COc3ccccc3C(N)=O)c2)ccc1OCC(N)=O. The lowest BCUT2D eigenvalue weighted by molar-refractivity contribution is -0.119. The maximum absolute atomic E-state index is 12.7. The first-order chi connectivity index (χ1) is 16.4. The van der Waals surface area contributed by atoms with Crippen LogP contribution in [0.3, 0.4) is 0 Å². The number of primary amides is 2. The molecule has 9 heteroatoms. The van der Waals surface area contributed by atoms with Gasteiger partial charge in [0.1, 0.15) is 12.4 Å². The minimum absolute atomic E-state index is 0.162. The lowest BCUT2D eigenvalue weighted by atomic mass is 10.1. The monoisotopic (exact) mass is 463 g/mol. The number of nitrogens with two attached hydrogens (primary N) is 2. The number of benzene rings is 3. The standard InChI is InChI=1S/C25H25N3O6/c1-32-22-12-16(9-10-21(22)34-15-23(26)29)13-28-25(31)18-6-4-5-17(11-18)14-33-20-8-3-2-7-19(20)24(27)30/h2-12H,13-15H2,1H3,(H2,26,29)(H2,27,30)(H,28,31). The molecular weight excluding hydrogens is 438 g/mol. The zero-order valence-corrected chi connectivity index (χ0v) is 18.6. The Labute approximate surface area is 196 Å². The molecule has 0 fully saturated rings. The van der Waals surface area contributed by atoms with E-state index in [2.05, 4.69) is 5.32 Å². The van der Waals surface area contributed by atoms with Gasteiger partial charge in [-0.05, 0) is 47.5 Å². The minimum atomic E-state index is -0.594. The summed E-state index contributed by atoms with van der Waals surface area (Å²) < 4.78 is 16.3. The quantitative estimate of drug-likeness (QED) is 0.398. The summed E-state index contributed by atoms with van der Waals surface area (Å²) in [6.07, 6.45) is 0. The zero-order chi connectivity index (χ0) is 24.5. The van der Waals surface area contributed by atoms with Gasteiger partial charge in [-0.3, -0.25) is 14.4 Å². The summed E-state index contributed by atoms with van der Waals surface area (Å²) in [5, 5.41) is 2.85. The van der Waals surface area contributed by atoms with E-state index >= 15 is 0 Å². The molecule has 0 spiro atoms. The van der Waals surface area contributed by atoms with Gasteiger partial charge in [0.15, 0.2) is 18.1 Å². The average Bonchev–Trinajstić information content (AvgIpc) is 2.85. The fourth-order valence-corrected chi connectivity index (χ4v) is 3.13. The van der Waals surface area contributed by atoms with Gasteiger partial charge in [-0.25, -0.2) is 0 Å². The molecule has 3 aromatic rings. The van der Waals surface area contributed by atoms with E-state index in [1.807, 2.05) is 6.07 Å². The van der Waals surface area contributed by atoms with Crippen molar-refractivity contribution in [1.82, 2.24) is 5.32 Å². The van der Waals surface area contributed by atoms with Crippen LogP contribution in [0, 0.1) is 0 Å². The molecule has 0 unspecified atom stereocenters. The molecular formula is C25H25N3O6. The highest BCUT2D eigenvalue weighted by Crippen LogP contribution is 2.28. The van der Waals surface area contributed by atoms with Crippen molar-refractivity contribution in [3.05, 3.63) is 89.0 Å². The second-order valence-corrected chi connectivity index (χ2v) is 7.27. The summed E-state index contributed by atoms with van der Waals surface area (Å²) >= 11 is 0. The molecule has 176 valence electrons. The van der Waals surface area contributed by atoms with Gasteiger partial charge in [0.05, 0.1) is 12.7 Å². The highest BCUT2D eigenvalue weighted by atomic mass is 16.5. The molecule has 34 heavy (non-hydrogen) atoms. The van der Waals surface area contributed by atoms with Crippen LogP contribution in [-0.4, -0.2) is 31.4 Å². The van der Waals surface area contributed by atoms with E-state index in [4.69, 9.17) is 25.7 Å². The van der Waals surface area contributed by atoms with Crippen LogP contribution < -0.4 is 31.0 Å². The lowest BCUT2D eigenvalue weighted by Gasteiger charge is -2.12. The van der Waals surface area contributed by atoms with Crippen molar-refractivity contribution in [2.45, 2.75) is 13.2 Å². The summed E-state index contributed by atoms with van der Waals surface area (Å²) in [6.45, 7) is 0.147. The molecule has 0 aromatic heterocycles. The molecule has 9 nitrogen and oxygen atoms in total. The maximum atomic E-state index is 12.7. The number of para-hydroxylation sites is 1. The van der Waals surface area contributed by atoms with Crippen LogP contribution in [0.1, 0.15) is 31.8 Å². The first-order valence-corrected chi connectivity index (χ1v) is 10.3. The van der Waals surface area contributed by atoms with E-state index in [0.29, 0.717) is 22.8 Å². The molecule has 5 N–H and O–H groups in total. The fourth-order valence-electron chi connectivity index (χ4n) is 3.13. The summed E-state index contributed by atoms with van der Waals surface area (Å²) in [5.41, 5.74) is 12.8.